The maximum atomic E-state index is 12.1. The lowest BCUT2D eigenvalue weighted by Crippen LogP contribution is -1.97. The minimum absolute atomic E-state index is 0.0711. The summed E-state index contributed by atoms with van der Waals surface area (Å²) in [5.41, 5.74) is 0.984. The van der Waals surface area contributed by atoms with E-state index in [9.17, 15) is 14.9 Å². The van der Waals surface area contributed by atoms with Crippen molar-refractivity contribution in [2.75, 3.05) is 13.7 Å². The van der Waals surface area contributed by atoms with Crippen LogP contribution in [0, 0.1) is 21.4 Å². The van der Waals surface area contributed by atoms with Gasteiger partial charge >= 0.3 is 0 Å². The molecule has 0 aliphatic heterocycles. The Morgan fingerprint density at radius 3 is 2.56 bits per heavy atom. The van der Waals surface area contributed by atoms with E-state index in [1.165, 1.54) is 37.5 Å². The number of allylic oxidation sites excluding steroid dienone is 1. The Kier molecular flexibility index (Phi) is 5.85. The number of methoxy groups -OCH3 is 1. The van der Waals surface area contributed by atoms with Crippen molar-refractivity contribution in [2.45, 2.75) is 0 Å². The number of hydrogen-bond acceptors (Lipinski definition) is 6. The van der Waals surface area contributed by atoms with E-state index in [0.29, 0.717) is 22.6 Å². The molecule has 0 amide bonds. The van der Waals surface area contributed by atoms with Crippen LogP contribution < -0.4 is 9.47 Å². The molecule has 2 aromatic carbocycles. The number of nitro benzene ring substituents is 1. The van der Waals surface area contributed by atoms with Gasteiger partial charge in [0, 0.05) is 17.7 Å². The zero-order valence-electron chi connectivity index (χ0n) is 13.3. The number of ether oxygens (including phenoxy) is 2. The third-order valence-corrected chi connectivity index (χ3v) is 3.27. The van der Waals surface area contributed by atoms with Crippen LogP contribution in [0.1, 0.15) is 15.9 Å². The molecular formula is C18H14N2O5. The Hall–Kier alpha value is -3.66. The summed E-state index contributed by atoms with van der Waals surface area (Å²) in [4.78, 5) is 22.2. The summed E-state index contributed by atoms with van der Waals surface area (Å²) in [5.74, 6) is 0.599. The fourth-order valence-electron chi connectivity index (χ4n) is 2.03. The van der Waals surface area contributed by atoms with E-state index < -0.39 is 4.92 Å². The summed E-state index contributed by atoms with van der Waals surface area (Å²) in [6.45, 7) is -0.0931. The van der Waals surface area contributed by atoms with E-state index in [2.05, 4.69) is 0 Å². The molecule has 0 fully saturated rings. The summed E-state index contributed by atoms with van der Waals surface area (Å²) in [6.07, 6.45) is 2.96. The van der Waals surface area contributed by atoms with Crippen LogP contribution in [0.5, 0.6) is 11.5 Å². The molecule has 7 nitrogen and oxygen atoms in total. The summed E-state index contributed by atoms with van der Waals surface area (Å²) in [6, 6.07) is 12.3. The third kappa shape index (κ3) is 4.65. The smallest absolute Gasteiger partial charge is 0.269 e. The number of carbonyl (C=O) groups is 1. The normalized spacial score (nSPS) is 10.2. The fourth-order valence-corrected chi connectivity index (χ4v) is 2.03. The first kappa shape index (κ1) is 17.7. The molecular weight excluding hydrogens is 324 g/mol. The van der Waals surface area contributed by atoms with Gasteiger partial charge in [0.15, 0.2) is 23.9 Å². The van der Waals surface area contributed by atoms with Gasteiger partial charge in [-0.25, -0.2) is 0 Å². The standard InChI is InChI=1S/C18H14N2O5/c1-24-18-12-13(3-9-17(18)25-11-10-19)2-8-16(21)14-4-6-15(7-5-14)20(22)23/h2-9,12H,11H2,1H3/b8-2+. The zero-order chi connectivity index (χ0) is 18.2. The average molecular weight is 338 g/mol. The number of nitriles is 1. The number of rotatable bonds is 7. The second-order valence-corrected chi connectivity index (χ2v) is 4.86. The lowest BCUT2D eigenvalue weighted by atomic mass is 10.1. The number of ketones is 1. The number of non-ortho nitro benzene ring substituents is 1. The second-order valence-electron chi connectivity index (χ2n) is 4.86. The van der Waals surface area contributed by atoms with Crippen LogP contribution in [0.25, 0.3) is 6.08 Å². The van der Waals surface area contributed by atoms with Gasteiger partial charge in [-0.2, -0.15) is 5.26 Å². The van der Waals surface area contributed by atoms with Crippen molar-refractivity contribution in [2.24, 2.45) is 0 Å². The molecule has 7 heteroatoms. The van der Waals surface area contributed by atoms with E-state index in [1.807, 2.05) is 6.07 Å². The molecule has 0 aliphatic carbocycles. The molecule has 0 aromatic heterocycles. The van der Waals surface area contributed by atoms with Gasteiger partial charge in [-0.05, 0) is 35.9 Å². The fraction of sp³-hybridized carbons (Fsp3) is 0.111. The Balaban J connectivity index is 2.13. The third-order valence-electron chi connectivity index (χ3n) is 3.27. The topological polar surface area (TPSA) is 102 Å². The van der Waals surface area contributed by atoms with Crippen molar-refractivity contribution in [1.29, 1.82) is 5.26 Å². The Labute approximate surface area is 143 Å². The number of nitro groups is 1. The minimum atomic E-state index is -0.522. The van der Waals surface area contributed by atoms with Crippen molar-refractivity contribution >= 4 is 17.5 Å². The Morgan fingerprint density at radius 2 is 1.96 bits per heavy atom. The number of hydrogen-bond donors (Lipinski definition) is 0. The van der Waals surface area contributed by atoms with Gasteiger partial charge in [0.1, 0.15) is 6.07 Å². The zero-order valence-corrected chi connectivity index (χ0v) is 13.3. The molecule has 0 aliphatic rings. The molecule has 0 spiro atoms. The maximum Gasteiger partial charge on any atom is 0.269 e. The number of nitrogens with zero attached hydrogens (tertiary/aromatic N) is 2. The van der Waals surface area contributed by atoms with Crippen LogP contribution in [0.2, 0.25) is 0 Å². The maximum absolute atomic E-state index is 12.1. The summed E-state index contributed by atoms with van der Waals surface area (Å²) in [7, 11) is 1.48. The van der Waals surface area contributed by atoms with Gasteiger partial charge in [0.2, 0.25) is 0 Å². The van der Waals surface area contributed by atoms with Crippen LogP contribution in [0.3, 0.4) is 0 Å². The van der Waals surface area contributed by atoms with E-state index in [0.717, 1.165) is 0 Å². The van der Waals surface area contributed by atoms with Gasteiger partial charge in [0.25, 0.3) is 5.69 Å². The van der Waals surface area contributed by atoms with Gasteiger partial charge in [-0.1, -0.05) is 12.1 Å². The molecule has 0 radical (unpaired) electrons. The Morgan fingerprint density at radius 1 is 1.24 bits per heavy atom. The van der Waals surface area contributed by atoms with Crippen LogP contribution >= 0.6 is 0 Å². The Bertz CT molecular complexity index is 851. The van der Waals surface area contributed by atoms with Crippen molar-refractivity contribution in [3.8, 4) is 17.6 Å². The van der Waals surface area contributed by atoms with E-state index in [-0.39, 0.29) is 18.1 Å². The molecule has 0 heterocycles. The van der Waals surface area contributed by atoms with Crippen molar-refractivity contribution < 1.29 is 19.2 Å². The molecule has 0 saturated heterocycles. The number of benzene rings is 2. The van der Waals surface area contributed by atoms with Crippen LogP contribution in [0.15, 0.2) is 48.5 Å². The molecule has 0 N–H and O–H groups in total. The van der Waals surface area contributed by atoms with E-state index >= 15 is 0 Å². The van der Waals surface area contributed by atoms with E-state index in [1.54, 1.807) is 24.3 Å². The predicted molar refractivity (Wildman–Crippen MR) is 90.6 cm³/mol. The van der Waals surface area contributed by atoms with Crippen LogP contribution in [-0.2, 0) is 0 Å². The molecule has 126 valence electrons. The van der Waals surface area contributed by atoms with Gasteiger partial charge in [-0.15, -0.1) is 0 Å². The highest BCUT2D eigenvalue weighted by Crippen LogP contribution is 2.28. The minimum Gasteiger partial charge on any atom is -0.493 e. The summed E-state index contributed by atoms with van der Waals surface area (Å²) < 4.78 is 10.4. The monoisotopic (exact) mass is 338 g/mol. The molecule has 0 atom stereocenters. The first-order chi connectivity index (χ1) is 12.0. The lowest BCUT2D eigenvalue weighted by molar-refractivity contribution is -0.384. The van der Waals surface area contributed by atoms with Crippen LogP contribution in [0.4, 0.5) is 5.69 Å². The highest BCUT2D eigenvalue weighted by molar-refractivity contribution is 6.06. The van der Waals surface area contributed by atoms with Gasteiger partial charge in [0.05, 0.1) is 12.0 Å². The second kappa shape index (κ2) is 8.26. The average Bonchev–Trinajstić information content (AvgIpc) is 2.64. The largest absolute Gasteiger partial charge is 0.493 e. The van der Waals surface area contributed by atoms with Crippen molar-refractivity contribution in [1.82, 2.24) is 0 Å². The lowest BCUT2D eigenvalue weighted by Gasteiger charge is -2.08. The number of carbonyl (C=O) groups excluding carboxylic acids is 1. The van der Waals surface area contributed by atoms with Gasteiger partial charge < -0.3 is 9.47 Å². The molecule has 2 aromatic rings. The molecule has 2 rings (SSSR count). The SMILES string of the molecule is COc1cc(/C=C/C(=O)c2ccc([N+](=O)[O-])cc2)ccc1OCC#N. The highest BCUT2D eigenvalue weighted by Gasteiger charge is 2.08. The van der Waals surface area contributed by atoms with Gasteiger partial charge in [-0.3, -0.25) is 14.9 Å². The van der Waals surface area contributed by atoms with E-state index in [4.69, 9.17) is 14.7 Å². The van der Waals surface area contributed by atoms with Crippen molar-refractivity contribution in [3.05, 3.63) is 69.8 Å². The predicted octanol–water partition coefficient (Wildman–Crippen LogP) is 3.40. The van der Waals surface area contributed by atoms with Crippen LogP contribution in [-0.4, -0.2) is 24.4 Å². The quantitative estimate of drug-likeness (QED) is 0.332. The summed E-state index contributed by atoms with van der Waals surface area (Å²) in [5, 5.41) is 19.2. The first-order valence-electron chi connectivity index (χ1n) is 7.20. The summed E-state index contributed by atoms with van der Waals surface area (Å²) >= 11 is 0. The first-order valence-corrected chi connectivity index (χ1v) is 7.20. The molecule has 25 heavy (non-hydrogen) atoms. The highest BCUT2D eigenvalue weighted by atomic mass is 16.6. The van der Waals surface area contributed by atoms with Crippen molar-refractivity contribution in [3.63, 3.8) is 0 Å². The molecule has 0 bridgehead atoms. The molecule has 0 saturated carbocycles. The molecule has 0 unspecified atom stereocenters.